The number of hydrogen-bond donors (Lipinski definition) is 0. The SMILES string of the molecule is O=C(Cc1ccccn1)N1CCN(C(=O)C2CCN(C(=O)N3CCCC3)CC2)CC1. The van der Waals surface area contributed by atoms with Crippen molar-refractivity contribution in [1.82, 2.24) is 24.6 Å². The van der Waals surface area contributed by atoms with Gasteiger partial charge in [0, 0.05) is 70.2 Å². The average Bonchev–Trinajstić information content (AvgIpc) is 3.34. The van der Waals surface area contributed by atoms with Gasteiger partial charge in [-0.1, -0.05) is 6.07 Å². The summed E-state index contributed by atoms with van der Waals surface area (Å²) < 4.78 is 0. The van der Waals surface area contributed by atoms with Gasteiger partial charge in [0.25, 0.3) is 0 Å². The van der Waals surface area contributed by atoms with Gasteiger partial charge >= 0.3 is 6.03 Å². The first-order valence-electron chi connectivity index (χ1n) is 11.1. The molecule has 0 unspecified atom stereocenters. The largest absolute Gasteiger partial charge is 0.339 e. The highest BCUT2D eigenvalue weighted by atomic mass is 16.2. The molecule has 0 N–H and O–H groups in total. The molecule has 1 aromatic heterocycles. The molecule has 8 nitrogen and oxygen atoms in total. The first kappa shape index (κ1) is 20.6. The smallest absolute Gasteiger partial charge is 0.319 e. The minimum atomic E-state index is -0.0107. The van der Waals surface area contributed by atoms with E-state index in [0.29, 0.717) is 45.7 Å². The first-order chi connectivity index (χ1) is 14.6. The summed E-state index contributed by atoms with van der Waals surface area (Å²) in [6.07, 6.45) is 5.66. The molecule has 0 atom stereocenters. The minimum absolute atomic E-state index is 0.0107. The van der Waals surface area contributed by atoms with Gasteiger partial charge in [0.05, 0.1) is 6.42 Å². The van der Waals surface area contributed by atoms with Crippen LogP contribution in [0.5, 0.6) is 0 Å². The maximum Gasteiger partial charge on any atom is 0.319 e. The van der Waals surface area contributed by atoms with E-state index in [-0.39, 0.29) is 23.8 Å². The number of nitrogens with zero attached hydrogens (tertiary/aromatic N) is 5. The molecular formula is C22H31N5O3. The van der Waals surface area contributed by atoms with E-state index in [1.165, 1.54) is 0 Å². The molecule has 162 valence electrons. The monoisotopic (exact) mass is 413 g/mol. The van der Waals surface area contributed by atoms with Gasteiger partial charge in [-0.2, -0.15) is 0 Å². The molecule has 3 aliphatic rings. The van der Waals surface area contributed by atoms with E-state index in [0.717, 1.165) is 44.5 Å². The number of amides is 4. The Hall–Kier alpha value is -2.64. The molecule has 3 fully saturated rings. The molecule has 3 aliphatic heterocycles. The maximum absolute atomic E-state index is 13.0. The van der Waals surface area contributed by atoms with Crippen molar-refractivity contribution in [3.05, 3.63) is 30.1 Å². The molecule has 30 heavy (non-hydrogen) atoms. The highest BCUT2D eigenvalue weighted by Gasteiger charge is 2.33. The molecule has 4 rings (SSSR count). The zero-order chi connectivity index (χ0) is 20.9. The summed E-state index contributed by atoms with van der Waals surface area (Å²) in [4.78, 5) is 49.8. The van der Waals surface area contributed by atoms with E-state index in [9.17, 15) is 14.4 Å². The van der Waals surface area contributed by atoms with Crippen molar-refractivity contribution in [2.24, 2.45) is 5.92 Å². The molecule has 0 spiro atoms. The van der Waals surface area contributed by atoms with Crippen LogP contribution in [0.4, 0.5) is 4.79 Å². The van der Waals surface area contributed by atoms with Crippen LogP contribution in [0.15, 0.2) is 24.4 Å². The van der Waals surface area contributed by atoms with E-state index in [1.807, 2.05) is 37.8 Å². The van der Waals surface area contributed by atoms with Crippen LogP contribution in [0.3, 0.4) is 0 Å². The van der Waals surface area contributed by atoms with Crippen molar-refractivity contribution < 1.29 is 14.4 Å². The van der Waals surface area contributed by atoms with Gasteiger partial charge in [0.15, 0.2) is 0 Å². The summed E-state index contributed by atoms with van der Waals surface area (Å²) in [5.41, 5.74) is 0.774. The van der Waals surface area contributed by atoms with Gasteiger partial charge in [-0.25, -0.2) is 4.79 Å². The zero-order valence-corrected chi connectivity index (χ0v) is 17.5. The van der Waals surface area contributed by atoms with E-state index in [1.54, 1.807) is 6.20 Å². The standard InChI is InChI=1S/C22H31N5O3/c28-20(17-19-5-1-2-8-23-19)24-13-15-25(16-14-24)21(29)18-6-11-27(12-7-18)22(30)26-9-3-4-10-26/h1-2,5,8,18H,3-4,6-7,9-17H2. The highest BCUT2D eigenvalue weighted by molar-refractivity contribution is 5.81. The van der Waals surface area contributed by atoms with Crippen LogP contribution < -0.4 is 0 Å². The van der Waals surface area contributed by atoms with Crippen molar-refractivity contribution in [1.29, 1.82) is 0 Å². The van der Waals surface area contributed by atoms with Crippen LogP contribution in [0, 0.1) is 5.92 Å². The van der Waals surface area contributed by atoms with Crippen LogP contribution in [0.1, 0.15) is 31.4 Å². The average molecular weight is 414 g/mol. The third kappa shape index (κ3) is 4.74. The molecular weight excluding hydrogens is 382 g/mol. The summed E-state index contributed by atoms with van der Waals surface area (Å²) in [5, 5.41) is 0. The zero-order valence-electron chi connectivity index (χ0n) is 17.5. The van der Waals surface area contributed by atoms with Crippen molar-refractivity contribution in [3.63, 3.8) is 0 Å². The minimum Gasteiger partial charge on any atom is -0.339 e. The second kappa shape index (κ2) is 9.45. The molecule has 1 aromatic rings. The molecule has 4 amide bonds. The van der Waals surface area contributed by atoms with E-state index in [2.05, 4.69) is 4.98 Å². The molecule has 0 saturated carbocycles. The fourth-order valence-electron chi connectivity index (χ4n) is 4.63. The first-order valence-corrected chi connectivity index (χ1v) is 11.1. The van der Waals surface area contributed by atoms with Crippen LogP contribution in [0.2, 0.25) is 0 Å². The summed E-state index contributed by atoms with van der Waals surface area (Å²) in [6.45, 7) is 5.36. The van der Waals surface area contributed by atoms with Gasteiger partial charge in [-0.15, -0.1) is 0 Å². The topological polar surface area (TPSA) is 77.1 Å². The quantitative estimate of drug-likeness (QED) is 0.747. The third-order valence-corrected chi connectivity index (χ3v) is 6.49. The van der Waals surface area contributed by atoms with Gasteiger partial charge in [0.2, 0.25) is 11.8 Å². The van der Waals surface area contributed by atoms with Crippen molar-refractivity contribution >= 4 is 17.8 Å². The lowest BCUT2D eigenvalue weighted by Gasteiger charge is -2.39. The number of aromatic nitrogens is 1. The van der Waals surface area contributed by atoms with Crippen molar-refractivity contribution in [2.45, 2.75) is 32.1 Å². The Morgan fingerprint density at radius 1 is 0.800 bits per heavy atom. The van der Waals surface area contributed by atoms with Crippen LogP contribution in [-0.4, -0.2) is 94.8 Å². The fourth-order valence-corrected chi connectivity index (χ4v) is 4.63. The Balaban J connectivity index is 1.21. The Morgan fingerprint density at radius 2 is 1.43 bits per heavy atom. The van der Waals surface area contributed by atoms with E-state index >= 15 is 0 Å². The summed E-state index contributed by atoms with van der Waals surface area (Å²) in [6, 6.07) is 5.72. The van der Waals surface area contributed by atoms with E-state index < -0.39 is 0 Å². The summed E-state index contributed by atoms with van der Waals surface area (Å²) >= 11 is 0. The molecule has 0 radical (unpaired) electrons. The number of piperazine rings is 1. The van der Waals surface area contributed by atoms with Gasteiger partial charge in [-0.05, 0) is 37.8 Å². The Morgan fingerprint density at radius 3 is 2.07 bits per heavy atom. The van der Waals surface area contributed by atoms with Crippen LogP contribution in [0.25, 0.3) is 0 Å². The number of piperidine rings is 1. The summed E-state index contributed by atoms with van der Waals surface area (Å²) in [5.74, 6) is 0.234. The third-order valence-electron chi connectivity index (χ3n) is 6.49. The fraction of sp³-hybridized carbons (Fsp3) is 0.636. The second-order valence-electron chi connectivity index (χ2n) is 8.44. The maximum atomic E-state index is 13.0. The van der Waals surface area contributed by atoms with E-state index in [4.69, 9.17) is 0 Å². The predicted octanol–water partition coefficient (Wildman–Crippen LogP) is 1.22. The second-order valence-corrected chi connectivity index (χ2v) is 8.44. The van der Waals surface area contributed by atoms with Gasteiger partial charge in [0.1, 0.15) is 0 Å². The number of hydrogen-bond acceptors (Lipinski definition) is 4. The summed E-state index contributed by atoms with van der Waals surface area (Å²) in [7, 11) is 0. The lowest BCUT2D eigenvalue weighted by molar-refractivity contribution is -0.142. The molecule has 0 aromatic carbocycles. The molecule has 0 bridgehead atoms. The molecule has 8 heteroatoms. The van der Waals surface area contributed by atoms with Gasteiger partial charge < -0.3 is 19.6 Å². The number of rotatable bonds is 3. The Kier molecular flexibility index (Phi) is 6.50. The van der Waals surface area contributed by atoms with Gasteiger partial charge in [-0.3, -0.25) is 14.6 Å². The number of urea groups is 1. The molecule has 0 aliphatic carbocycles. The van der Waals surface area contributed by atoms with Crippen LogP contribution in [-0.2, 0) is 16.0 Å². The predicted molar refractivity (Wildman–Crippen MR) is 112 cm³/mol. The van der Waals surface area contributed by atoms with Crippen molar-refractivity contribution in [2.75, 3.05) is 52.4 Å². The molecule has 3 saturated heterocycles. The van der Waals surface area contributed by atoms with Crippen LogP contribution >= 0.6 is 0 Å². The van der Waals surface area contributed by atoms with Crippen molar-refractivity contribution in [3.8, 4) is 0 Å². The Bertz CT molecular complexity index is 749. The number of carbonyl (C=O) groups excluding carboxylic acids is 3. The Labute approximate surface area is 177 Å². The highest BCUT2D eigenvalue weighted by Crippen LogP contribution is 2.22. The number of likely N-dealkylation sites (tertiary alicyclic amines) is 2. The normalized spacial score (nSPS) is 20.5. The lowest BCUT2D eigenvalue weighted by Crippen LogP contribution is -2.54. The number of carbonyl (C=O) groups is 3. The number of pyridine rings is 1. The lowest BCUT2D eigenvalue weighted by atomic mass is 9.95. The molecule has 4 heterocycles.